The number of aldehydes is 1. The number of carbonyl (C=O) groups is 3. The molecular formula is C21H21N3O6. The number of nitrogens with one attached hydrogen (secondary N) is 2. The van der Waals surface area contributed by atoms with Gasteiger partial charge in [0, 0.05) is 36.2 Å². The van der Waals surface area contributed by atoms with Crippen molar-refractivity contribution in [3.05, 3.63) is 76.4 Å². The van der Waals surface area contributed by atoms with Crippen molar-refractivity contribution in [2.45, 2.75) is 19.1 Å². The summed E-state index contributed by atoms with van der Waals surface area (Å²) in [4.78, 5) is 45.3. The molecular weight excluding hydrogens is 390 g/mol. The Morgan fingerprint density at radius 2 is 1.67 bits per heavy atom. The van der Waals surface area contributed by atoms with Crippen LogP contribution in [0, 0.1) is 10.1 Å². The molecule has 2 atom stereocenters. The lowest BCUT2D eigenvalue weighted by Gasteiger charge is -2.22. The molecule has 156 valence electrons. The van der Waals surface area contributed by atoms with E-state index in [1.165, 1.54) is 38.3 Å². The number of ketones is 1. The monoisotopic (exact) mass is 411 g/mol. The molecule has 0 radical (unpaired) electrons. The minimum Gasteiger partial charge on any atom is -0.373 e. The average Bonchev–Trinajstić information content (AvgIpc) is 2.73. The van der Waals surface area contributed by atoms with Crippen LogP contribution in [0.5, 0.6) is 0 Å². The van der Waals surface area contributed by atoms with Crippen molar-refractivity contribution in [2.24, 2.45) is 0 Å². The van der Waals surface area contributed by atoms with Gasteiger partial charge in [-0.05, 0) is 36.8 Å². The maximum absolute atomic E-state index is 12.3. The van der Waals surface area contributed by atoms with Crippen LogP contribution in [0.2, 0.25) is 0 Å². The van der Waals surface area contributed by atoms with Gasteiger partial charge in [0.05, 0.1) is 4.92 Å². The fourth-order valence-electron chi connectivity index (χ4n) is 2.72. The normalized spacial score (nSPS) is 12.3. The summed E-state index contributed by atoms with van der Waals surface area (Å²) in [6.45, 7) is 5.20. The van der Waals surface area contributed by atoms with E-state index in [-0.39, 0.29) is 17.0 Å². The van der Waals surface area contributed by atoms with E-state index in [2.05, 4.69) is 17.2 Å². The number of amides is 1. The number of nitro benzene ring substituents is 1. The Morgan fingerprint density at radius 3 is 2.13 bits per heavy atom. The van der Waals surface area contributed by atoms with E-state index in [4.69, 9.17) is 4.74 Å². The van der Waals surface area contributed by atoms with Crippen molar-refractivity contribution in [3.63, 3.8) is 0 Å². The number of hydrogen-bond acceptors (Lipinski definition) is 7. The molecule has 0 bridgehead atoms. The van der Waals surface area contributed by atoms with Gasteiger partial charge in [-0.25, -0.2) is 0 Å². The highest BCUT2D eigenvalue weighted by Gasteiger charge is 2.25. The standard InChI is InChI=1S/C21H21N3O6/c1-13(22-19(12-25)20(30-3)14(2)26)15-4-8-17(9-5-15)23-21(27)16-6-10-18(11-7-16)24(28)29/h4-12,19-20,22H,1H2,2-3H3,(H,23,27). The van der Waals surface area contributed by atoms with E-state index >= 15 is 0 Å². The van der Waals surface area contributed by atoms with Crippen molar-refractivity contribution in [1.82, 2.24) is 5.32 Å². The number of anilines is 1. The van der Waals surface area contributed by atoms with Crippen LogP contribution in [0.4, 0.5) is 11.4 Å². The van der Waals surface area contributed by atoms with Crippen LogP contribution < -0.4 is 10.6 Å². The van der Waals surface area contributed by atoms with Crippen LogP contribution in [0.15, 0.2) is 55.1 Å². The van der Waals surface area contributed by atoms with Gasteiger partial charge >= 0.3 is 0 Å². The predicted octanol–water partition coefficient (Wildman–Crippen LogP) is 2.58. The molecule has 2 rings (SSSR count). The van der Waals surface area contributed by atoms with Crippen LogP contribution in [0.3, 0.4) is 0 Å². The smallest absolute Gasteiger partial charge is 0.269 e. The summed E-state index contributed by atoms with van der Waals surface area (Å²) in [5.74, 6) is -0.709. The zero-order valence-electron chi connectivity index (χ0n) is 16.5. The number of Topliss-reactive ketones (excluding diaryl/α,β-unsaturated/α-hetero) is 1. The predicted molar refractivity (Wildman–Crippen MR) is 111 cm³/mol. The summed E-state index contributed by atoms with van der Waals surface area (Å²) in [6, 6.07) is 11.0. The maximum atomic E-state index is 12.3. The Kier molecular flexibility index (Phi) is 7.54. The number of ether oxygens (including phenoxy) is 1. The lowest BCUT2D eigenvalue weighted by Crippen LogP contribution is -2.44. The van der Waals surface area contributed by atoms with Crippen molar-refractivity contribution in [3.8, 4) is 0 Å². The molecule has 9 heteroatoms. The minimum absolute atomic E-state index is 0.101. The highest BCUT2D eigenvalue weighted by molar-refractivity contribution is 6.04. The highest BCUT2D eigenvalue weighted by atomic mass is 16.6. The van der Waals surface area contributed by atoms with Crippen LogP contribution in [-0.2, 0) is 14.3 Å². The van der Waals surface area contributed by atoms with E-state index in [9.17, 15) is 24.5 Å². The van der Waals surface area contributed by atoms with Gasteiger partial charge in [-0.3, -0.25) is 19.7 Å². The lowest BCUT2D eigenvalue weighted by molar-refractivity contribution is -0.384. The van der Waals surface area contributed by atoms with Crippen LogP contribution in [0.1, 0.15) is 22.8 Å². The average molecular weight is 411 g/mol. The first-order chi connectivity index (χ1) is 14.3. The lowest BCUT2D eigenvalue weighted by atomic mass is 10.1. The Hall–Kier alpha value is -3.85. The fourth-order valence-corrected chi connectivity index (χ4v) is 2.72. The van der Waals surface area contributed by atoms with Gasteiger partial charge in [-0.2, -0.15) is 0 Å². The fraction of sp³-hybridized carbons (Fsp3) is 0.190. The van der Waals surface area contributed by atoms with Crippen LogP contribution in [-0.4, -0.2) is 42.2 Å². The number of non-ortho nitro benzene ring substituents is 1. The zero-order valence-corrected chi connectivity index (χ0v) is 16.5. The maximum Gasteiger partial charge on any atom is 0.269 e. The number of methoxy groups -OCH3 is 1. The number of carbonyl (C=O) groups excluding carboxylic acids is 3. The molecule has 0 saturated carbocycles. The second kappa shape index (κ2) is 10.1. The first kappa shape index (κ1) is 22.4. The second-order valence-electron chi connectivity index (χ2n) is 6.39. The Bertz CT molecular complexity index is 954. The molecule has 2 aromatic rings. The quantitative estimate of drug-likeness (QED) is 0.349. The largest absolute Gasteiger partial charge is 0.373 e. The molecule has 0 aliphatic carbocycles. The van der Waals surface area contributed by atoms with E-state index in [1.807, 2.05) is 0 Å². The molecule has 2 unspecified atom stereocenters. The molecule has 0 spiro atoms. The third kappa shape index (κ3) is 5.58. The van der Waals surface area contributed by atoms with Gasteiger partial charge in [0.1, 0.15) is 18.4 Å². The summed E-state index contributed by atoms with van der Waals surface area (Å²) in [6.07, 6.45) is -0.348. The minimum atomic E-state index is -0.931. The molecule has 2 aromatic carbocycles. The molecule has 9 nitrogen and oxygen atoms in total. The molecule has 0 heterocycles. The summed E-state index contributed by atoms with van der Waals surface area (Å²) in [5.41, 5.74) is 1.73. The van der Waals surface area contributed by atoms with Gasteiger partial charge in [0.25, 0.3) is 11.6 Å². The van der Waals surface area contributed by atoms with Crippen LogP contribution in [0.25, 0.3) is 5.70 Å². The van der Waals surface area contributed by atoms with Gasteiger partial charge in [0.15, 0.2) is 5.78 Å². The first-order valence-corrected chi connectivity index (χ1v) is 8.87. The topological polar surface area (TPSA) is 128 Å². The summed E-state index contributed by atoms with van der Waals surface area (Å²) >= 11 is 0. The van der Waals surface area contributed by atoms with E-state index in [1.54, 1.807) is 24.3 Å². The number of hydrogen-bond donors (Lipinski definition) is 2. The summed E-state index contributed by atoms with van der Waals surface area (Å²) in [5, 5.41) is 16.2. The molecule has 1 amide bonds. The number of rotatable bonds is 10. The van der Waals surface area contributed by atoms with Crippen molar-refractivity contribution in [1.29, 1.82) is 0 Å². The Morgan fingerprint density at radius 1 is 1.10 bits per heavy atom. The Balaban J connectivity index is 2.04. The summed E-state index contributed by atoms with van der Waals surface area (Å²) < 4.78 is 5.06. The molecule has 0 saturated heterocycles. The van der Waals surface area contributed by atoms with E-state index < -0.39 is 23.0 Å². The van der Waals surface area contributed by atoms with Crippen LogP contribution >= 0.6 is 0 Å². The third-order valence-corrected chi connectivity index (χ3v) is 4.30. The number of benzene rings is 2. The molecule has 30 heavy (non-hydrogen) atoms. The summed E-state index contributed by atoms with van der Waals surface area (Å²) in [7, 11) is 1.34. The molecule has 0 fully saturated rings. The van der Waals surface area contributed by atoms with Crippen molar-refractivity contribution >= 4 is 35.0 Å². The van der Waals surface area contributed by atoms with Crippen molar-refractivity contribution < 1.29 is 24.0 Å². The molecule has 0 aliphatic rings. The molecule has 0 aliphatic heterocycles. The van der Waals surface area contributed by atoms with Gasteiger partial charge in [-0.1, -0.05) is 18.7 Å². The zero-order chi connectivity index (χ0) is 22.3. The third-order valence-electron chi connectivity index (χ3n) is 4.30. The first-order valence-electron chi connectivity index (χ1n) is 8.87. The van der Waals surface area contributed by atoms with E-state index in [0.29, 0.717) is 23.2 Å². The highest BCUT2D eigenvalue weighted by Crippen LogP contribution is 2.17. The second-order valence-corrected chi connectivity index (χ2v) is 6.39. The molecule has 2 N–H and O–H groups in total. The SMILES string of the molecule is C=C(NC(C=O)C(OC)C(C)=O)c1ccc(NC(=O)c2ccc([N+](=O)[O-])cc2)cc1. The molecule has 0 aromatic heterocycles. The van der Waals surface area contributed by atoms with Gasteiger partial charge in [-0.15, -0.1) is 0 Å². The van der Waals surface area contributed by atoms with Gasteiger partial charge in [0.2, 0.25) is 0 Å². The van der Waals surface area contributed by atoms with Gasteiger partial charge < -0.3 is 20.2 Å². The Labute approximate surface area is 172 Å². The number of nitrogens with zero attached hydrogens (tertiary/aromatic N) is 1. The number of nitro groups is 1. The van der Waals surface area contributed by atoms with Crippen molar-refractivity contribution in [2.75, 3.05) is 12.4 Å². The van der Waals surface area contributed by atoms with E-state index in [0.717, 1.165) is 0 Å².